The molecular formula is C21H26F3N3O3. The van der Waals surface area contributed by atoms with E-state index in [9.17, 15) is 27.6 Å². The zero-order chi connectivity index (χ0) is 21.9. The first kappa shape index (κ1) is 22.1. The molecule has 2 unspecified atom stereocenters. The minimum atomic E-state index is -4.88. The van der Waals surface area contributed by atoms with Crippen LogP contribution in [0.25, 0.3) is 0 Å². The summed E-state index contributed by atoms with van der Waals surface area (Å²) in [6.07, 6.45) is -3.66. The van der Waals surface area contributed by atoms with Crippen molar-refractivity contribution in [1.82, 2.24) is 15.1 Å². The van der Waals surface area contributed by atoms with Crippen LogP contribution in [-0.4, -0.2) is 59.9 Å². The van der Waals surface area contributed by atoms with Crippen LogP contribution in [0.5, 0.6) is 0 Å². The van der Waals surface area contributed by atoms with Crippen molar-refractivity contribution < 1.29 is 27.6 Å². The Morgan fingerprint density at radius 3 is 2.40 bits per heavy atom. The van der Waals surface area contributed by atoms with Crippen molar-refractivity contribution in [2.75, 3.05) is 26.2 Å². The van der Waals surface area contributed by atoms with Crippen LogP contribution in [0.15, 0.2) is 30.3 Å². The third kappa shape index (κ3) is 5.12. The van der Waals surface area contributed by atoms with E-state index in [-0.39, 0.29) is 36.7 Å². The number of hydrogen-bond acceptors (Lipinski definition) is 3. The van der Waals surface area contributed by atoms with E-state index in [1.807, 2.05) is 42.6 Å². The molecule has 0 bridgehead atoms. The highest BCUT2D eigenvalue weighted by Crippen LogP contribution is 2.30. The van der Waals surface area contributed by atoms with E-state index in [2.05, 4.69) is 0 Å². The van der Waals surface area contributed by atoms with Gasteiger partial charge in [-0.05, 0) is 31.2 Å². The molecule has 30 heavy (non-hydrogen) atoms. The summed E-state index contributed by atoms with van der Waals surface area (Å²) >= 11 is 0. The minimum Gasteiger partial charge on any atom is -0.348 e. The largest absolute Gasteiger partial charge is 0.471 e. The molecule has 0 spiro atoms. The van der Waals surface area contributed by atoms with Crippen LogP contribution >= 0.6 is 0 Å². The lowest BCUT2D eigenvalue weighted by molar-refractivity contribution is -0.173. The van der Waals surface area contributed by atoms with Gasteiger partial charge in [0.2, 0.25) is 11.8 Å². The van der Waals surface area contributed by atoms with Crippen molar-refractivity contribution in [3.8, 4) is 0 Å². The SMILES string of the molecule is CC(c1ccccc1)N1CC(C(=O)N2CCC(CNC(=O)C(F)(F)F)CC2)CC1=O. The monoisotopic (exact) mass is 425 g/mol. The maximum Gasteiger partial charge on any atom is 0.471 e. The summed E-state index contributed by atoms with van der Waals surface area (Å²) in [6, 6.07) is 9.53. The Morgan fingerprint density at radius 2 is 1.80 bits per heavy atom. The Hall–Kier alpha value is -2.58. The van der Waals surface area contributed by atoms with Crippen LogP contribution < -0.4 is 5.32 Å². The molecule has 1 N–H and O–H groups in total. The van der Waals surface area contributed by atoms with Crippen molar-refractivity contribution in [1.29, 1.82) is 0 Å². The number of carbonyl (C=O) groups is 3. The molecule has 3 amide bonds. The Bertz CT molecular complexity index is 777. The molecule has 3 rings (SSSR count). The molecule has 0 saturated carbocycles. The van der Waals surface area contributed by atoms with E-state index in [1.165, 1.54) is 0 Å². The molecule has 2 aliphatic rings. The lowest BCUT2D eigenvalue weighted by Gasteiger charge is -2.33. The number of piperidine rings is 1. The van der Waals surface area contributed by atoms with Gasteiger partial charge in [-0.1, -0.05) is 30.3 Å². The number of alkyl halides is 3. The van der Waals surface area contributed by atoms with Gasteiger partial charge >= 0.3 is 12.1 Å². The first-order valence-electron chi connectivity index (χ1n) is 10.1. The van der Waals surface area contributed by atoms with Gasteiger partial charge in [0.1, 0.15) is 0 Å². The van der Waals surface area contributed by atoms with Gasteiger partial charge in [-0.3, -0.25) is 14.4 Å². The van der Waals surface area contributed by atoms with Crippen molar-refractivity contribution in [2.24, 2.45) is 11.8 Å². The highest BCUT2D eigenvalue weighted by atomic mass is 19.4. The molecule has 2 atom stereocenters. The Labute approximate surface area is 173 Å². The summed E-state index contributed by atoms with van der Waals surface area (Å²) in [5, 5.41) is 1.91. The second-order valence-electron chi connectivity index (χ2n) is 8.01. The number of amides is 3. The zero-order valence-electron chi connectivity index (χ0n) is 16.8. The summed E-state index contributed by atoms with van der Waals surface area (Å²) in [5.74, 6) is -2.55. The second-order valence-corrected chi connectivity index (χ2v) is 8.01. The highest BCUT2D eigenvalue weighted by molar-refractivity contribution is 5.89. The minimum absolute atomic E-state index is 0.0468. The Kier molecular flexibility index (Phi) is 6.67. The molecular weight excluding hydrogens is 399 g/mol. The zero-order valence-corrected chi connectivity index (χ0v) is 16.8. The van der Waals surface area contributed by atoms with Crippen LogP contribution in [0.1, 0.15) is 37.8 Å². The number of likely N-dealkylation sites (tertiary alicyclic amines) is 2. The smallest absolute Gasteiger partial charge is 0.348 e. The molecule has 164 valence electrons. The molecule has 0 aliphatic carbocycles. The molecule has 2 fully saturated rings. The normalized spacial score (nSPS) is 21.6. The number of rotatable bonds is 5. The number of hydrogen-bond donors (Lipinski definition) is 1. The Balaban J connectivity index is 1.49. The van der Waals surface area contributed by atoms with Crippen LogP contribution in [0.4, 0.5) is 13.2 Å². The fourth-order valence-electron chi connectivity index (χ4n) is 4.14. The van der Waals surface area contributed by atoms with Gasteiger partial charge in [-0.2, -0.15) is 13.2 Å². The summed E-state index contributed by atoms with van der Waals surface area (Å²) in [7, 11) is 0. The van der Waals surface area contributed by atoms with Gasteiger partial charge in [-0.25, -0.2) is 0 Å². The van der Waals surface area contributed by atoms with Gasteiger partial charge in [0, 0.05) is 32.6 Å². The van der Waals surface area contributed by atoms with E-state index in [1.54, 1.807) is 9.80 Å². The highest BCUT2D eigenvalue weighted by Gasteiger charge is 2.40. The third-order valence-corrected chi connectivity index (χ3v) is 5.99. The predicted molar refractivity (Wildman–Crippen MR) is 103 cm³/mol. The number of carbonyl (C=O) groups excluding carboxylic acids is 3. The molecule has 2 aliphatic heterocycles. The first-order chi connectivity index (χ1) is 14.2. The molecule has 1 aromatic rings. The van der Waals surface area contributed by atoms with E-state index in [0.29, 0.717) is 32.5 Å². The Morgan fingerprint density at radius 1 is 1.17 bits per heavy atom. The average Bonchev–Trinajstić information content (AvgIpc) is 3.12. The molecule has 2 saturated heterocycles. The molecule has 9 heteroatoms. The third-order valence-electron chi connectivity index (χ3n) is 5.99. The lowest BCUT2D eigenvalue weighted by atomic mass is 9.95. The van der Waals surface area contributed by atoms with E-state index in [4.69, 9.17) is 0 Å². The van der Waals surface area contributed by atoms with Crippen LogP contribution in [0.2, 0.25) is 0 Å². The number of nitrogens with one attached hydrogen (secondary N) is 1. The number of benzene rings is 1. The quantitative estimate of drug-likeness (QED) is 0.788. The van der Waals surface area contributed by atoms with Crippen LogP contribution in [0, 0.1) is 11.8 Å². The summed E-state index contributed by atoms with van der Waals surface area (Å²) in [6.45, 7) is 3.11. The van der Waals surface area contributed by atoms with E-state index < -0.39 is 18.0 Å². The molecule has 0 aromatic heterocycles. The maximum atomic E-state index is 12.9. The second kappa shape index (κ2) is 9.06. The molecule has 6 nitrogen and oxygen atoms in total. The van der Waals surface area contributed by atoms with Gasteiger partial charge in [0.05, 0.1) is 12.0 Å². The van der Waals surface area contributed by atoms with Gasteiger partial charge in [0.25, 0.3) is 0 Å². The average molecular weight is 425 g/mol. The van der Waals surface area contributed by atoms with Crippen molar-refractivity contribution in [3.63, 3.8) is 0 Å². The van der Waals surface area contributed by atoms with Gasteiger partial charge in [0.15, 0.2) is 0 Å². The van der Waals surface area contributed by atoms with Crippen molar-refractivity contribution >= 4 is 17.7 Å². The first-order valence-corrected chi connectivity index (χ1v) is 10.1. The summed E-state index contributed by atoms with van der Waals surface area (Å²) in [5.41, 5.74) is 1.01. The fraction of sp³-hybridized carbons (Fsp3) is 0.571. The van der Waals surface area contributed by atoms with Crippen LogP contribution in [-0.2, 0) is 14.4 Å². The van der Waals surface area contributed by atoms with Crippen molar-refractivity contribution in [3.05, 3.63) is 35.9 Å². The van der Waals surface area contributed by atoms with Crippen LogP contribution in [0.3, 0.4) is 0 Å². The number of nitrogens with zero attached hydrogens (tertiary/aromatic N) is 2. The lowest BCUT2D eigenvalue weighted by Crippen LogP contribution is -2.45. The van der Waals surface area contributed by atoms with Gasteiger partial charge < -0.3 is 15.1 Å². The topological polar surface area (TPSA) is 69.7 Å². The van der Waals surface area contributed by atoms with Crippen molar-refractivity contribution in [2.45, 2.75) is 38.4 Å². The molecule has 1 aromatic carbocycles. The van der Waals surface area contributed by atoms with E-state index >= 15 is 0 Å². The summed E-state index contributed by atoms with van der Waals surface area (Å²) < 4.78 is 36.8. The summed E-state index contributed by atoms with van der Waals surface area (Å²) in [4.78, 5) is 39.7. The van der Waals surface area contributed by atoms with E-state index in [0.717, 1.165) is 5.56 Å². The molecule has 2 heterocycles. The van der Waals surface area contributed by atoms with Gasteiger partial charge in [-0.15, -0.1) is 0 Å². The maximum absolute atomic E-state index is 12.9. The number of halogens is 3. The standard InChI is InChI=1S/C21H26F3N3O3/c1-14(16-5-3-2-4-6-16)27-13-17(11-18(27)28)19(29)26-9-7-15(8-10-26)12-25-20(30)21(22,23)24/h2-6,14-15,17H,7-13H2,1H3,(H,25,30). The fourth-order valence-corrected chi connectivity index (χ4v) is 4.14. The molecule has 0 radical (unpaired) electrons. The predicted octanol–water partition coefficient (Wildman–Crippen LogP) is 2.51.